The molecule has 4 nitrogen and oxygen atoms in total. The van der Waals surface area contributed by atoms with Gasteiger partial charge >= 0.3 is 5.97 Å². The van der Waals surface area contributed by atoms with Gasteiger partial charge in [0.1, 0.15) is 17.6 Å². The highest BCUT2D eigenvalue weighted by Gasteiger charge is 2.23. The van der Waals surface area contributed by atoms with Crippen LogP contribution >= 0.6 is 0 Å². The fourth-order valence-corrected chi connectivity index (χ4v) is 0.719. The monoisotopic (exact) mass is 139 g/mol. The summed E-state index contributed by atoms with van der Waals surface area (Å²) in [6.45, 7) is 0. The van der Waals surface area contributed by atoms with Crippen LogP contribution in [0.1, 0.15) is 0 Å². The lowest BCUT2D eigenvalue weighted by Gasteiger charge is -1.98. The molecule has 10 heavy (non-hydrogen) atoms. The molecule has 0 aliphatic carbocycles. The van der Waals surface area contributed by atoms with Crippen LogP contribution in [0.4, 0.5) is 0 Å². The Morgan fingerprint density at radius 2 is 2.50 bits per heavy atom. The van der Waals surface area contributed by atoms with Crippen molar-refractivity contribution in [2.24, 2.45) is 5.92 Å². The van der Waals surface area contributed by atoms with Crippen molar-refractivity contribution in [1.82, 2.24) is 5.32 Å². The first kappa shape index (κ1) is 6.58. The van der Waals surface area contributed by atoms with Crippen molar-refractivity contribution in [3.05, 3.63) is 18.0 Å². The molecule has 0 amide bonds. The molecule has 1 atom stereocenters. The second-order valence-electron chi connectivity index (χ2n) is 1.84. The molecule has 0 radical (unpaired) electrons. The zero-order valence-electron chi connectivity index (χ0n) is 5.00. The van der Waals surface area contributed by atoms with Gasteiger partial charge in [-0.25, -0.2) is 4.79 Å². The van der Waals surface area contributed by atoms with E-state index in [0.717, 1.165) is 0 Å². The molecule has 0 aromatic heterocycles. The number of rotatable bonds is 1. The van der Waals surface area contributed by atoms with Gasteiger partial charge < -0.3 is 10.4 Å². The Morgan fingerprint density at radius 1 is 1.80 bits per heavy atom. The maximum atomic E-state index is 10.3. The van der Waals surface area contributed by atoms with Crippen LogP contribution < -0.4 is 5.32 Å². The maximum Gasteiger partial charge on any atom is 0.317 e. The van der Waals surface area contributed by atoms with Crippen molar-refractivity contribution >= 4 is 11.9 Å². The summed E-state index contributed by atoms with van der Waals surface area (Å²) in [7, 11) is 0. The smallest absolute Gasteiger partial charge is 0.317 e. The number of hydrogen-bond donors (Lipinski definition) is 2. The third-order valence-electron chi connectivity index (χ3n) is 1.21. The largest absolute Gasteiger partial charge is 0.480 e. The first-order valence-corrected chi connectivity index (χ1v) is 2.66. The van der Waals surface area contributed by atoms with E-state index in [1.807, 2.05) is 0 Å². The fraction of sp³-hybridized carbons (Fsp3) is 0.167. The summed E-state index contributed by atoms with van der Waals surface area (Å²) in [5, 5.41) is 10.9. The minimum atomic E-state index is -1.04. The van der Waals surface area contributed by atoms with E-state index in [2.05, 4.69) is 5.32 Å². The Bertz CT molecular complexity index is 237. The summed E-state index contributed by atoms with van der Waals surface area (Å²) in [6, 6.07) is 0. The van der Waals surface area contributed by atoms with E-state index in [1.165, 1.54) is 18.2 Å². The van der Waals surface area contributed by atoms with Crippen LogP contribution in [-0.4, -0.2) is 17.0 Å². The van der Waals surface area contributed by atoms with Crippen LogP contribution in [-0.2, 0) is 9.59 Å². The Labute approximate surface area is 56.8 Å². The normalized spacial score (nSPS) is 22.0. The van der Waals surface area contributed by atoms with E-state index in [4.69, 9.17) is 5.11 Å². The molecule has 0 aromatic rings. The summed E-state index contributed by atoms with van der Waals surface area (Å²) >= 11 is 0. The highest BCUT2D eigenvalue weighted by atomic mass is 16.4. The van der Waals surface area contributed by atoms with E-state index >= 15 is 0 Å². The highest BCUT2D eigenvalue weighted by molar-refractivity contribution is 5.80. The first-order valence-electron chi connectivity index (χ1n) is 2.66. The van der Waals surface area contributed by atoms with Crippen molar-refractivity contribution < 1.29 is 14.7 Å². The highest BCUT2D eigenvalue weighted by Crippen LogP contribution is 2.12. The van der Waals surface area contributed by atoms with Crippen LogP contribution in [0, 0.1) is 5.92 Å². The molecule has 0 aromatic carbocycles. The van der Waals surface area contributed by atoms with Crippen molar-refractivity contribution in [3.63, 3.8) is 0 Å². The molecule has 4 heteroatoms. The molecule has 1 aliphatic heterocycles. The van der Waals surface area contributed by atoms with Crippen molar-refractivity contribution in [2.75, 3.05) is 0 Å². The third-order valence-corrected chi connectivity index (χ3v) is 1.21. The summed E-state index contributed by atoms with van der Waals surface area (Å²) in [5.74, 6) is -0.370. The number of nitrogens with one attached hydrogen (secondary N) is 1. The number of carbonyl (C=O) groups is 1. The third kappa shape index (κ3) is 0.921. The molecule has 0 fully saturated rings. The summed E-state index contributed by atoms with van der Waals surface area (Å²) in [6.07, 6.45) is 2.81. The van der Waals surface area contributed by atoms with E-state index in [9.17, 15) is 9.59 Å². The van der Waals surface area contributed by atoms with Crippen LogP contribution in [0.15, 0.2) is 18.0 Å². The summed E-state index contributed by atoms with van der Waals surface area (Å²) < 4.78 is 0. The standard InChI is InChI=1S/C6H5NO3/c8-3-5-4(6(9)10)1-2-7-5/h1-2,4,7H,(H,9,10). The van der Waals surface area contributed by atoms with Gasteiger partial charge in [-0.05, 0) is 12.3 Å². The molecule has 0 bridgehead atoms. The van der Waals surface area contributed by atoms with E-state index < -0.39 is 11.9 Å². The topological polar surface area (TPSA) is 66.4 Å². The van der Waals surface area contributed by atoms with Gasteiger partial charge in [-0.1, -0.05) is 0 Å². The Morgan fingerprint density at radius 3 is 2.90 bits per heavy atom. The molecular formula is C6H5NO3. The molecule has 0 saturated carbocycles. The predicted molar refractivity (Wildman–Crippen MR) is 32.6 cm³/mol. The van der Waals surface area contributed by atoms with Crippen LogP contribution in [0.25, 0.3) is 0 Å². The first-order chi connectivity index (χ1) is 4.75. The molecule has 1 unspecified atom stereocenters. The van der Waals surface area contributed by atoms with Gasteiger partial charge in [0.25, 0.3) is 0 Å². The average molecular weight is 139 g/mol. The van der Waals surface area contributed by atoms with E-state index in [-0.39, 0.29) is 5.70 Å². The zero-order chi connectivity index (χ0) is 7.56. The number of carbonyl (C=O) groups excluding carboxylic acids is 1. The Hall–Kier alpha value is -1.54. The molecule has 1 rings (SSSR count). The van der Waals surface area contributed by atoms with Gasteiger partial charge in [-0.2, -0.15) is 0 Å². The SMILES string of the molecule is O=C=C1NC=CC1C(=O)O. The van der Waals surface area contributed by atoms with Crippen molar-refractivity contribution in [1.29, 1.82) is 0 Å². The summed E-state index contributed by atoms with van der Waals surface area (Å²) in [5.41, 5.74) is 0.0625. The minimum absolute atomic E-state index is 0.0625. The quantitative estimate of drug-likeness (QED) is 0.481. The minimum Gasteiger partial charge on any atom is -0.480 e. The molecule has 2 N–H and O–H groups in total. The molecule has 0 saturated heterocycles. The molecule has 52 valence electrons. The lowest BCUT2D eigenvalue weighted by Crippen LogP contribution is -2.15. The Balaban J connectivity index is 2.86. The van der Waals surface area contributed by atoms with Gasteiger partial charge in [0.2, 0.25) is 0 Å². The van der Waals surface area contributed by atoms with Crippen LogP contribution in [0.3, 0.4) is 0 Å². The molecular weight excluding hydrogens is 134 g/mol. The van der Waals surface area contributed by atoms with E-state index in [0.29, 0.717) is 0 Å². The van der Waals surface area contributed by atoms with Crippen LogP contribution in [0.2, 0.25) is 0 Å². The van der Waals surface area contributed by atoms with Gasteiger partial charge in [0.15, 0.2) is 0 Å². The molecule has 0 spiro atoms. The summed E-state index contributed by atoms with van der Waals surface area (Å²) in [4.78, 5) is 20.3. The molecule has 1 heterocycles. The fourth-order valence-electron chi connectivity index (χ4n) is 0.719. The van der Waals surface area contributed by atoms with Gasteiger partial charge in [0, 0.05) is 0 Å². The number of carboxylic acid groups (broad SMARTS) is 1. The van der Waals surface area contributed by atoms with Gasteiger partial charge in [0.05, 0.1) is 0 Å². The average Bonchev–Trinajstić information content (AvgIpc) is 2.33. The van der Waals surface area contributed by atoms with Gasteiger partial charge in [-0.15, -0.1) is 0 Å². The number of carboxylic acids is 1. The second kappa shape index (κ2) is 2.37. The predicted octanol–water partition coefficient (Wildman–Crippen LogP) is -0.480. The van der Waals surface area contributed by atoms with Gasteiger partial charge in [-0.3, -0.25) is 4.79 Å². The van der Waals surface area contributed by atoms with Crippen molar-refractivity contribution in [3.8, 4) is 0 Å². The second-order valence-corrected chi connectivity index (χ2v) is 1.84. The van der Waals surface area contributed by atoms with Crippen LogP contribution in [0.5, 0.6) is 0 Å². The molecule has 1 aliphatic rings. The number of hydrogen-bond acceptors (Lipinski definition) is 3. The zero-order valence-corrected chi connectivity index (χ0v) is 5.00. The maximum absolute atomic E-state index is 10.3. The Kier molecular flexibility index (Phi) is 1.56. The van der Waals surface area contributed by atoms with Crippen molar-refractivity contribution in [2.45, 2.75) is 0 Å². The lowest BCUT2D eigenvalue weighted by atomic mass is 10.1. The lowest BCUT2D eigenvalue weighted by molar-refractivity contribution is -0.138. The van der Waals surface area contributed by atoms with E-state index in [1.54, 1.807) is 0 Å². The number of aliphatic carboxylic acids is 1.